The largest absolute Gasteiger partial charge is 0.457 e. The summed E-state index contributed by atoms with van der Waals surface area (Å²) in [5.74, 6) is 1.74. The van der Waals surface area contributed by atoms with E-state index in [1.807, 2.05) is 60.7 Å². The van der Waals surface area contributed by atoms with Gasteiger partial charge in [-0.25, -0.2) is 0 Å². The molecule has 84 valence electrons. The SMILES string of the molecule is CCO.c1ccc(Oc2ccccc2)cc1. The van der Waals surface area contributed by atoms with Crippen molar-refractivity contribution in [2.45, 2.75) is 6.92 Å². The number of rotatable bonds is 2. The smallest absolute Gasteiger partial charge is 0.127 e. The summed E-state index contributed by atoms with van der Waals surface area (Å²) in [5, 5.41) is 7.57. The number of benzene rings is 2. The van der Waals surface area contributed by atoms with Crippen molar-refractivity contribution in [1.29, 1.82) is 0 Å². The van der Waals surface area contributed by atoms with E-state index in [1.54, 1.807) is 6.92 Å². The monoisotopic (exact) mass is 216 g/mol. The summed E-state index contributed by atoms with van der Waals surface area (Å²) in [4.78, 5) is 0. The van der Waals surface area contributed by atoms with Crippen LogP contribution < -0.4 is 4.74 Å². The van der Waals surface area contributed by atoms with Gasteiger partial charge in [-0.15, -0.1) is 0 Å². The predicted molar refractivity (Wildman–Crippen MR) is 65.7 cm³/mol. The maximum absolute atomic E-state index is 7.57. The van der Waals surface area contributed by atoms with Gasteiger partial charge in [-0.3, -0.25) is 0 Å². The highest BCUT2D eigenvalue weighted by molar-refractivity contribution is 5.30. The lowest BCUT2D eigenvalue weighted by Crippen LogP contribution is -1.81. The van der Waals surface area contributed by atoms with Crippen LogP contribution in [0.2, 0.25) is 0 Å². The minimum atomic E-state index is 0.250. The Morgan fingerprint density at radius 2 is 1.12 bits per heavy atom. The Morgan fingerprint density at radius 3 is 1.44 bits per heavy atom. The first-order valence-electron chi connectivity index (χ1n) is 5.25. The van der Waals surface area contributed by atoms with E-state index in [0.29, 0.717) is 0 Å². The summed E-state index contributed by atoms with van der Waals surface area (Å²) in [6.45, 7) is 1.93. The van der Waals surface area contributed by atoms with E-state index in [9.17, 15) is 0 Å². The lowest BCUT2D eigenvalue weighted by Gasteiger charge is -2.03. The van der Waals surface area contributed by atoms with E-state index in [-0.39, 0.29) is 6.61 Å². The molecule has 2 rings (SSSR count). The fourth-order valence-corrected chi connectivity index (χ4v) is 1.11. The van der Waals surface area contributed by atoms with E-state index in [4.69, 9.17) is 9.84 Å². The summed E-state index contributed by atoms with van der Waals surface area (Å²) in [5.41, 5.74) is 0. The number of hydrogen-bond acceptors (Lipinski definition) is 2. The van der Waals surface area contributed by atoms with Crippen LogP contribution in [-0.2, 0) is 0 Å². The maximum atomic E-state index is 7.57. The van der Waals surface area contributed by atoms with Crippen LogP contribution >= 0.6 is 0 Å². The molecule has 0 atom stereocenters. The van der Waals surface area contributed by atoms with E-state index in [2.05, 4.69) is 0 Å². The van der Waals surface area contributed by atoms with Crippen LogP contribution in [0.3, 0.4) is 0 Å². The molecule has 0 aromatic heterocycles. The molecule has 2 nitrogen and oxygen atoms in total. The van der Waals surface area contributed by atoms with Gasteiger partial charge in [0, 0.05) is 6.61 Å². The molecule has 2 heteroatoms. The molecule has 0 saturated heterocycles. The Balaban J connectivity index is 0.000000386. The van der Waals surface area contributed by atoms with Gasteiger partial charge in [-0.1, -0.05) is 36.4 Å². The van der Waals surface area contributed by atoms with Gasteiger partial charge in [-0.05, 0) is 31.2 Å². The van der Waals surface area contributed by atoms with Crippen molar-refractivity contribution in [1.82, 2.24) is 0 Å². The first-order chi connectivity index (χ1) is 7.86. The molecule has 0 aliphatic rings. The standard InChI is InChI=1S/C12H10O.C2H6O/c1-3-7-11(8-4-1)13-12-9-5-2-6-10-12;1-2-3/h1-10H;3H,2H2,1H3. The quantitative estimate of drug-likeness (QED) is 0.832. The second-order valence-electron chi connectivity index (χ2n) is 3.04. The molecule has 0 saturated carbocycles. The number of aliphatic hydroxyl groups is 1. The van der Waals surface area contributed by atoms with E-state index >= 15 is 0 Å². The Hall–Kier alpha value is -1.80. The molecule has 0 amide bonds. The molecule has 0 radical (unpaired) electrons. The molecule has 0 unspecified atom stereocenters. The number of ether oxygens (including phenoxy) is 1. The molecule has 16 heavy (non-hydrogen) atoms. The van der Waals surface area contributed by atoms with Gasteiger partial charge in [0.15, 0.2) is 0 Å². The van der Waals surface area contributed by atoms with Crippen molar-refractivity contribution in [2.24, 2.45) is 0 Å². The minimum Gasteiger partial charge on any atom is -0.457 e. The van der Waals surface area contributed by atoms with Crippen molar-refractivity contribution in [3.63, 3.8) is 0 Å². The minimum absolute atomic E-state index is 0.250. The zero-order valence-electron chi connectivity index (χ0n) is 9.34. The van der Waals surface area contributed by atoms with E-state index in [1.165, 1.54) is 0 Å². The van der Waals surface area contributed by atoms with Gasteiger partial charge in [0.05, 0.1) is 0 Å². The Kier molecular flexibility index (Phi) is 5.74. The second-order valence-corrected chi connectivity index (χ2v) is 3.04. The van der Waals surface area contributed by atoms with Crippen LogP contribution in [0.5, 0.6) is 11.5 Å². The summed E-state index contributed by atoms with van der Waals surface area (Å²) in [6.07, 6.45) is 0. The normalized spacial score (nSPS) is 8.88. The van der Waals surface area contributed by atoms with Gasteiger partial charge < -0.3 is 9.84 Å². The Bertz CT molecular complexity index is 333. The number of hydrogen-bond donors (Lipinski definition) is 1. The van der Waals surface area contributed by atoms with Crippen molar-refractivity contribution >= 4 is 0 Å². The van der Waals surface area contributed by atoms with Crippen LogP contribution in [0.1, 0.15) is 6.92 Å². The third-order valence-corrected chi connectivity index (χ3v) is 1.72. The fourth-order valence-electron chi connectivity index (χ4n) is 1.11. The lowest BCUT2D eigenvalue weighted by molar-refractivity contribution is 0.318. The Morgan fingerprint density at radius 1 is 0.812 bits per heavy atom. The summed E-state index contributed by atoms with van der Waals surface area (Å²) >= 11 is 0. The van der Waals surface area contributed by atoms with Gasteiger partial charge in [0.2, 0.25) is 0 Å². The maximum Gasteiger partial charge on any atom is 0.127 e. The number of para-hydroxylation sites is 2. The van der Waals surface area contributed by atoms with Gasteiger partial charge in [0.25, 0.3) is 0 Å². The van der Waals surface area contributed by atoms with Crippen LogP contribution in [0, 0.1) is 0 Å². The second kappa shape index (κ2) is 7.49. The highest BCUT2D eigenvalue weighted by Gasteiger charge is 1.92. The molecule has 2 aromatic rings. The molecule has 1 N–H and O–H groups in total. The highest BCUT2D eigenvalue weighted by Crippen LogP contribution is 2.19. The molecule has 0 fully saturated rings. The average molecular weight is 216 g/mol. The van der Waals surface area contributed by atoms with Gasteiger partial charge in [0.1, 0.15) is 11.5 Å². The number of aliphatic hydroxyl groups excluding tert-OH is 1. The van der Waals surface area contributed by atoms with Crippen molar-refractivity contribution in [2.75, 3.05) is 6.61 Å². The van der Waals surface area contributed by atoms with E-state index < -0.39 is 0 Å². The Labute approximate surface area is 96.1 Å². The predicted octanol–water partition coefficient (Wildman–Crippen LogP) is 3.48. The average Bonchev–Trinajstić information content (AvgIpc) is 2.33. The van der Waals surface area contributed by atoms with Gasteiger partial charge in [-0.2, -0.15) is 0 Å². The summed E-state index contributed by atoms with van der Waals surface area (Å²) < 4.78 is 5.58. The van der Waals surface area contributed by atoms with Crippen molar-refractivity contribution in [3.05, 3.63) is 60.7 Å². The third-order valence-electron chi connectivity index (χ3n) is 1.72. The molecular formula is C14H16O2. The lowest BCUT2D eigenvalue weighted by atomic mass is 10.3. The van der Waals surface area contributed by atoms with Crippen LogP contribution in [0.4, 0.5) is 0 Å². The first-order valence-corrected chi connectivity index (χ1v) is 5.25. The molecule has 2 aromatic carbocycles. The first kappa shape index (κ1) is 12.3. The molecule has 0 aliphatic heterocycles. The zero-order chi connectivity index (χ0) is 11.6. The fraction of sp³-hybridized carbons (Fsp3) is 0.143. The molecule has 0 heterocycles. The van der Waals surface area contributed by atoms with Crippen molar-refractivity contribution in [3.8, 4) is 11.5 Å². The van der Waals surface area contributed by atoms with Crippen LogP contribution in [0.25, 0.3) is 0 Å². The third kappa shape index (κ3) is 4.62. The highest BCUT2D eigenvalue weighted by atomic mass is 16.5. The zero-order valence-corrected chi connectivity index (χ0v) is 9.34. The van der Waals surface area contributed by atoms with E-state index in [0.717, 1.165) is 11.5 Å². The van der Waals surface area contributed by atoms with Gasteiger partial charge >= 0.3 is 0 Å². The molecule has 0 bridgehead atoms. The molecule has 0 spiro atoms. The molecular weight excluding hydrogens is 200 g/mol. The molecule has 0 aliphatic carbocycles. The van der Waals surface area contributed by atoms with Crippen LogP contribution in [0.15, 0.2) is 60.7 Å². The van der Waals surface area contributed by atoms with Crippen LogP contribution in [-0.4, -0.2) is 11.7 Å². The summed E-state index contributed by atoms with van der Waals surface area (Å²) in [6, 6.07) is 19.5. The van der Waals surface area contributed by atoms with Crippen molar-refractivity contribution < 1.29 is 9.84 Å². The topological polar surface area (TPSA) is 29.5 Å². The summed E-state index contributed by atoms with van der Waals surface area (Å²) in [7, 11) is 0.